The monoisotopic (exact) mass is 355 g/mol. The van der Waals surface area contributed by atoms with Crippen molar-refractivity contribution in [2.24, 2.45) is 0 Å². The molecule has 3 atom stereocenters. The molecule has 0 aliphatic carbocycles. The lowest BCUT2D eigenvalue weighted by Gasteiger charge is -2.20. The molecule has 5 nitrogen and oxygen atoms in total. The Balaban J connectivity index is 1.42. The summed E-state index contributed by atoms with van der Waals surface area (Å²) in [4.78, 5) is 25.4. The molecule has 0 radical (unpaired) electrons. The molecule has 0 saturated carbocycles. The zero-order valence-corrected chi connectivity index (χ0v) is 14.9. The SMILES string of the molecule is CC(=O)Nc1ccc(-c2ccc(C(=O)NC3CC4CCC3N4)s2)cc1. The van der Waals surface area contributed by atoms with E-state index in [-0.39, 0.29) is 17.9 Å². The van der Waals surface area contributed by atoms with E-state index in [1.807, 2.05) is 36.4 Å². The quantitative estimate of drug-likeness (QED) is 0.790. The van der Waals surface area contributed by atoms with Crippen LogP contribution in [0.25, 0.3) is 10.4 Å². The van der Waals surface area contributed by atoms with E-state index in [0.717, 1.165) is 33.8 Å². The summed E-state index contributed by atoms with van der Waals surface area (Å²) in [6, 6.07) is 12.8. The van der Waals surface area contributed by atoms with Gasteiger partial charge in [0.2, 0.25) is 5.91 Å². The number of hydrogen-bond acceptors (Lipinski definition) is 4. The van der Waals surface area contributed by atoms with Crippen molar-refractivity contribution in [3.8, 4) is 10.4 Å². The molecule has 2 aromatic rings. The molecule has 4 rings (SSSR count). The molecule has 3 N–H and O–H groups in total. The van der Waals surface area contributed by atoms with Gasteiger partial charge in [0.05, 0.1) is 4.88 Å². The standard InChI is InChI=1S/C19H21N3O2S/c1-11(23)20-13-4-2-12(3-5-13)17-8-9-18(25-17)19(24)22-16-10-14-6-7-15(16)21-14/h2-5,8-9,14-16,21H,6-7,10H2,1H3,(H,20,23)(H,22,24). The minimum absolute atomic E-state index is 0.0190. The highest BCUT2D eigenvalue weighted by molar-refractivity contribution is 7.17. The lowest BCUT2D eigenvalue weighted by Crippen LogP contribution is -2.42. The zero-order chi connectivity index (χ0) is 17.4. The Kier molecular flexibility index (Phi) is 4.31. The predicted octanol–water partition coefficient (Wildman–Crippen LogP) is 3.00. The molecule has 2 bridgehead atoms. The van der Waals surface area contributed by atoms with Crippen LogP contribution < -0.4 is 16.0 Å². The first-order chi connectivity index (χ1) is 12.1. The lowest BCUT2D eigenvalue weighted by molar-refractivity contribution is -0.114. The van der Waals surface area contributed by atoms with Crippen LogP contribution in [0, 0.1) is 0 Å². The van der Waals surface area contributed by atoms with Gasteiger partial charge in [0, 0.05) is 35.6 Å². The van der Waals surface area contributed by atoms with E-state index in [9.17, 15) is 9.59 Å². The number of rotatable bonds is 4. The fraction of sp³-hybridized carbons (Fsp3) is 0.368. The van der Waals surface area contributed by atoms with Gasteiger partial charge >= 0.3 is 0 Å². The summed E-state index contributed by atoms with van der Waals surface area (Å²) in [7, 11) is 0. The molecule has 2 saturated heterocycles. The van der Waals surface area contributed by atoms with Gasteiger partial charge in [0.25, 0.3) is 5.91 Å². The fourth-order valence-corrected chi connectivity index (χ4v) is 4.67. The maximum absolute atomic E-state index is 12.5. The van der Waals surface area contributed by atoms with Crippen LogP contribution in [0.15, 0.2) is 36.4 Å². The minimum atomic E-state index is -0.0852. The Morgan fingerprint density at radius 3 is 2.56 bits per heavy atom. The van der Waals surface area contributed by atoms with E-state index in [0.29, 0.717) is 12.1 Å². The molecule has 6 heteroatoms. The second-order valence-electron chi connectivity index (χ2n) is 6.79. The summed E-state index contributed by atoms with van der Waals surface area (Å²) in [6.45, 7) is 1.49. The third kappa shape index (κ3) is 3.45. The van der Waals surface area contributed by atoms with Gasteiger partial charge < -0.3 is 16.0 Å². The first kappa shape index (κ1) is 16.3. The highest BCUT2D eigenvalue weighted by Gasteiger charge is 2.39. The molecule has 2 amide bonds. The van der Waals surface area contributed by atoms with Crippen LogP contribution in [0.1, 0.15) is 35.9 Å². The normalized spacial score (nSPS) is 24.3. The Bertz CT molecular complexity index is 799. The molecule has 0 spiro atoms. The number of hydrogen-bond donors (Lipinski definition) is 3. The van der Waals surface area contributed by atoms with Crippen molar-refractivity contribution >= 4 is 28.8 Å². The lowest BCUT2D eigenvalue weighted by atomic mass is 9.95. The number of thiophene rings is 1. The largest absolute Gasteiger partial charge is 0.347 e. The first-order valence-corrected chi connectivity index (χ1v) is 9.45. The highest BCUT2D eigenvalue weighted by Crippen LogP contribution is 2.31. The number of nitrogens with one attached hydrogen (secondary N) is 3. The Morgan fingerprint density at radius 2 is 1.92 bits per heavy atom. The molecule has 2 fully saturated rings. The van der Waals surface area contributed by atoms with Gasteiger partial charge in [-0.05, 0) is 49.1 Å². The van der Waals surface area contributed by atoms with Crippen LogP contribution in [0.2, 0.25) is 0 Å². The molecule has 2 aliphatic rings. The Labute approximate surface area is 150 Å². The van der Waals surface area contributed by atoms with Crippen molar-refractivity contribution in [2.75, 3.05) is 5.32 Å². The Hall–Kier alpha value is -2.18. The molecule has 130 valence electrons. The fourth-order valence-electron chi connectivity index (χ4n) is 3.76. The first-order valence-electron chi connectivity index (χ1n) is 8.63. The number of fused-ring (bicyclic) bond motifs is 2. The van der Waals surface area contributed by atoms with E-state index < -0.39 is 0 Å². The van der Waals surface area contributed by atoms with Gasteiger partial charge in [0.15, 0.2) is 0 Å². The maximum atomic E-state index is 12.5. The van der Waals surface area contributed by atoms with Crippen molar-refractivity contribution < 1.29 is 9.59 Å². The average molecular weight is 355 g/mol. The zero-order valence-electron chi connectivity index (χ0n) is 14.0. The van der Waals surface area contributed by atoms with E-state index in [4.69, 9.17) is 0 Å². The second-order valence-corrected chi connectivity index (χ2v) is 7.87. The van der Waals surface area contributed by atoms with Crippen molar-refractivity contribution in [3.05, 3.63) is 41.3 Å². The second kappa shape index (κ2) is 6.61. The van der Waals surface area contributed by atoms with E-state index >= 15 is 0 Å². The van der Waals surface area contributed by atoms with Crippen LogP contribution >= 0.6 is 11.3 Å². The summed E-state index contributed by atoms with van der Waals surface area (Å²) in [5.41, 5.74) is 1.81. The number of anilines is 1. The predicted molar refractivity (Wildman–Crippen MR) is 99.9 cm³/mol. The topological polar surface area (TPSA) is 70.2 Å². The summed E-state index contributed by atoms with van der Waals surface area (Å²) >= 11 is 1.50. The van der Waals surface area contributed by atoms with Crippen molar-refractivity contribution in [3.63, 3.8) is 0 Å². The van der Waals surface area contributed by atoms with Crippen molar-refractivity contribution in [1.82, 2.24) is 10.6 Å². The van der Waals surface area contributed by atoms with Gasteiger partial charge in [-0.25, -0.2) is 0 Å². The minimum Gasteiger partial charge on any atom is -0.347 e. The third-order valence-electron chi connectivity index (χ3n) is 4.94. The molecule has 1 aromatic heterocycles. The summed E-state index contributed by atoms with van der Waals surface area (Å²) in [5, 5.41) is 9.48. The molecule has 2 aliphatic heterocycles. The van der Waals surface area contributed by atoms with Crippen LogP contribution in [0.5, 0.6) is 0 Å². The molecule has 25 heavy (non-hydrogen) atoms. The van der Waals surface area contributed by atoms with Gasteiger partial charge in [-0.2, -0.15) is 0 Å². The van der Waals surface area contributed by atoms with Crippen LogP contribution in [-0.4, -0.2) is 29.9 Å². The smallest absolute Gasteiger partial charge is 0.261 e. The number of carbonyl (C=O) groups excluding carboxylic acids is 2. The average Bonchev–Trinajstić information content (AvgIpc) is 3.31. The number of carbonyl (C=O) groups is 2. The van der Waals surface area contributed by atoms with Crippen LogP contribution in [0.4, 0.5) is 5.69 Å². The summed E-state index contributed by atoms with van der Waals surface area (Å²) in [5.74, 6) is -0.0663. The van der Waals surface area contributed by atoms with Crippen LogP contribution in [0.3, 0.4) is 0 Å². The molecular formula is C19H21N3O2S. The van der Waals surface area contributed by atoms with Gasteiger partial charge in [-0.15, -0.1) is 11.3 Å². The molecule has 1 aromatic carbocycles. The highest BCUT2D eigenvalue weighted by atomic mass is 32.1. The third-order valence-corrected chi connectivity index (χ3v) is 6.07. The maximum Gasteiger partial charge on any atom is 0.261 e. The summed E-state index contributed by atoms with van der Waals surface area (Å²) < 4.78 is 0. The molecule has 3 heterocycles. The number of amides is 2. The van der Waals surface area contributed by atoms with Gasteiger partial charge in [-0.1, -0.05) is 12.1 Å². The van der Waals surface area contributed by atoms with Crippen molar-refractivity contribution in [1.29, 1.82) is 0 Å². The summed E-state index contributed by atoms with van der Waals surface area (Å²) in [6.07, 6.45) is 3.43. The van der Waals surface area contributed by atoms with E-state index in [1.54, 1.807) is 0 Å². The molecular weight excluding hydrogens is 334 g/mol. The van der Waals surface area contributed by atoms with Crippen molar-refractivity contribution in [2.45, 2.75) is 44.3 Å². The van der Waals surface area contributed by atoms with E-state index in [2.05, 4.69) is 16.0 Å². The Morgan fingerprint density at radius 1 is 1.12 bits per heavy atom. The van der Waals surface area contributed by atoms with Gasteiger partial charge in [0.1, 0.15) is 0 Å². The van der Waals surface area contributed by atoms with Gasteiger partial charge in [-0.3, -0.25) is 9.59 Å². The van der Waals surface area contributed by atoms with Crippen LogP contribution in [-0.2, 0) is 4.79 Å². The van der Waals surface area contributed by atoms with E-state index in [1.165, 1.54) is 24.7 Å². The molecule has 3 unspecified atom stereocenters. The number of benzene rings is 1.